The largest absolute Gasteiger partial charge is 0.326 e. The first-order valence-electron chi connectivity index (χ1n) is 7.50. The Morgan fingerprint density at radius 3 is 2.32 bits per heavy atom. The molecule has 0 radical (unpaired) electrons. The van der Waals surface area contributed by atoms with Crippen LogP contribution in [0.3, 0.4) is 0 Å². The molecule has 19 heavy (non-hydrogen) atoms. The van der Waals surface area contributed by atoms with Gasteiger partial charge in [0.2, 0.25) is 0 Å². The molecule has 2 heteroatoms. The van der Waals surface area contributed by atoms with Gasteiger partial charge in [-0.1, -0.05) is 42.5 Å². The van der Waals surface area contributed by atoms with Crippen LogP contribution in [0.1, 0.15) is 12.5 Å². The van der Waals surface area contributed by atoms with Gasteiger partial charge in [0.1, 0.15) is 32.7 Å². The highest BCUT2D eigenvalue weighted by atomic mass is 15.3. The molecule has 0 unspecified atom stereocenters. The van der Waals surface area contributed by atoms with Crippen molar-refractivity contribution in [2.75, 3.05) is 32.7 Å². The SMILES string of the molecule is CC[NH+]1CC[NH+](Cc2cccc3ccccc23)CC1. The maximum absolute atomic E-state index is 2.30. The zero-order valence-electron chi connectivity index (χ0n) is 11.8. The molecule has 0 amide bonds. The Labute approximate surface area is 115 Å². The Kier molecular flexibility index (Phi) is 3.81. The fourth-order valence-electron chi connectivity index (χ4n) is 3.20. The minimum atomic E-state index is 1.18. The van der Waals surface area contributed by atoms with E-state index in [1.165, 1.54) is 55.6 Å². The van der Waals surface area contributed by atoms with Gasteiger partial charge in [-0.3, -0.25) is 0 Å². The van der Waals surface area contributed by atoms with E-state index in [2.05, 4.69) is 49.4 Å². The van der Waals surface area contributed by atoms with Crippen LogP contribution in [0.25, 0.3) is 10.8 Å². The van der Waals surface area contributed by atoms with Crippen LogP contribution in [-0.4, -0.2) is 32.7 Å². The summed E-state index contributed by atoms with van der Waals surface area (Å²) in [7, 11) is 0. The van der Waals surface area contributed by atoms with Gasteiger partial charge in [0, 0.05) is 5.56 Å². The topological polar surface area (TPSA) is 8.88 Å². The predicted octanol–water partition coefficient (Wildman–Crippen LogP) is 0.143. The van der Waals surface area contributed by atoms with E-state index in [1.807, 2.05) is 0 Å². The molecule has 0 atom stereocenters. The lowest BCUT2D eigenvalue weighted by Gasteiger charge is -2.29. The second-order valence-electron chi connectivity index (χ2n) is 5.67. The van der Waals surface area contributed by atoms with E-state index in [1.54, 1.807) is 9.80 Å². The Balaban J connectivity index is 1.75. The molecule has 2 aromatic rings. The lowest BCUT2D eigenvalue weighted by atomic mass is 10.0. The summed E-state index contributed by atoms with van der Waals surface area (Å²) in [5.74, 6) is 0. The molecule has 0 saturated carbocycles. The minimum absolute atomic E-state index is 1.18. The quantitative estimate of drug-likeness (QED) is 0.773. The molecule has 0 bridgehead atoms. The summed E-state index contributed by atoms with van der Waals surface area (Å²) < 4.78 is 0. The molecule has 0 spiro atoms. The Hall–Kier alpha value is -1.38. The second kappa shape index (κ2) is 5.72. The first kappa shape index (κ1) is 12.6. The molecule has 100 valence electrons. The maximum Gasteiger partial charge on any atom is 0.127 e. The van der Waals surface area contributed by atoms with Crippen LogP contribution >= 0.6 is 0 Å². The van der Waals surface area contributed by atoms with Crippen molar-refractivity contribution in [3.63, 3.8) is 0 Å². The van der Waals surface area contributed by atoms with Crippen LogP contribution in [0.2, 0.25) is 0 Å². The summed E-state index contributed by atoms with van der Waals surface area (Å²) in [6, 6.07) is 15.5. The highest BCUT2D eigenvalue weighted by Crippen LogP contribution is 2.17. The summed E-state index contributed by atoms with van der Waals surface area (Å²) in [6.07, 6.45) is 0. The van der Waals surface area contributed by atoms with Crippen molar-refractivity contribution in [2.45, 2.75) is 13.5 Å². The first-order valence-corrected chi connectivity index (χ1v) is 7.50. The van der Waals surface area contributed by atoms with E-state index in [9.17, 15) is 0 Å². The number of fused-ring (bicyclic) bond motifs is 1. The van der Waals surface area contributed by atoms with Gasteiger partial charge in [-0.2, -0.15) is 0 Å². The Bertz CT molecular complexity index is 536. The number of hydrogen-bond donors (Lipinski definition) is 2. The third kappa shape index (κ3) is 2.80. The van der Waals surface area contributed by atoms with Crippen molar-refractivity contribution in [1.29, 1.82) is 0 Å². The smallest absolute Gasteiger partial charge is 0.127 e. The van der Waals surface area contributed by atoms with Gasteiger partial charge in [0.25, 0.3) is 0 Å². The Morgan fingerprint density at radius 1 is 0.842 bits per heavy atom. The molecule has 1 aliphatic heterocycles. The fourth-order valence-corrected chi connectivity index (χ4v) is 3.20. The number of rotatable bonds is 3. The lowest BCUT2D eigenvalue weighted by Crippen LogP contribution is -3.27. The fraction of sp³-hybridized carbons (Fsp3) is 0.412. The zero-order chi connectivity index (χ0) is 13.1. The molecule has 0 aromatic heterocycles. The van der Waals surface area contributed by atoms with Crippen LogP contribution in [0.15, 0.2) is 42.5 Å². The van der Waals surface area contributed by atoms with Crippen molar-refractivity contribution in [3.05, 3.63) is 48.0 Å². The third-order valence-corrected chi connectivity index (χ3v) is 4.48. The molecule has 0 aliphatic carbocycles. The molecule has 2 aromatic carbocycles. The van der Waals surface area contributed by atoms with Crippen molar-refractivity contribution < 1.29 is 9.80 Å². The molecule has 3 rings (SSSR count). The summed E-state index contributed by atoms with van der Waals surface area (Å²) in [4.78, 5) is 3.51. The number of quaternary nitrogens is 2. The average Bonchev–Trinajstić information content (AvgIpc) is 2.48. The molecular formula is C17H24N2+2. The van der Waals surface area contributed by atoms with E-state index >= 15 is 0 Å². The van der Waals surface area contributed by atoms with Crippen molar-refractivity contribution >= 4 is 10.8 Å². The monoisotopic (exact) mass is 256 g/mol. The summed E-state index contributed by atoms with van der Waals surface area (Å²) >= 11 is 0. The first-order chi connectivity index (χ1) is 9.36. The number of hydrogen-bond acceptors (Lipinski definition) is 0. The standard InChI is InChI=1S/C17H22N2/c1-2-18-10-12-19(13-11-18)14-16-8-5-7-15-6-3-4-9-17(15)16/h3-9H,2,10-14H2,1H3/p+2. The van der Waals surface area contributed by atoms with E-state index in [0.29, 0.717) is 0 Å². The highest BCUT2D eigenvalue weighted by Gasteiger charge is 2.21. The molecule has 1 fully saturated rings. The molecule has 1 aliphatic rings. The van der Waals surface area contributed by atoms with Gasteiger partial charge < -0.3 is 9.80 Å². The predicted molar refractivity (Wildman–Crippen MR) is 79.6 cm³/mol. The van der Waals surface area contributed by atoms with Crippen LogP contribution in [-0.2, 0) is 6.54 Å². The van der Waals surface area contributed by atoms with E-state index < -0.39 is 0 Å². The van der Waals surface area contributed by atoms with Gasteiger partial charge in [0.15, 0.2) is 0 Å². The van der Waals surface area contributed by atoms with E-state index in [4.69, 9.17) is 0 Å². The van der Waals surface area contributed by atoms with Gasteiger partial charge in [-0.15, -0.1) is 0 Å². The van der Waals surface area contributed by atoms with E-state index in [0.717, 1.165) is 0 Å². The summed E-state index contributed by atoms with van der Waals surface area (Å²) in [5.41, 5.74) is 1.51. The lowest BCUT2D eigenvalue weighted by molar-refractivity contribution is -1.02. The van der Waals surface area contributed by atoms with Crippen LogP contribution < -0.4 is 9.80 Å². The van der Waals surface area contributed by atoms with Crippen molar-refractivity contribution in [2.24, 2.45) is 0 Å². The zero-order valence-corrected chi connectivity index (χ0v) is 11.8. The number of benzene rings is 2. The van der Waals surface area contributed by atoms with Gasteiger partial charge in [-0.05, 0) is 17.7 Å². The van der Waals surface area contributed by atoms with Crippen molar-refractivity contribution in [1.82, 2.24) is 0 Å². The minimum Gasteiger partial charge on any atom is -0.326 e. The number of nitrogens with one attached hydrogen (secondary N) is 2. The number of likely N-dealkylation sites (N-methyl/N-ethyl adjacent to an activating group) is 1. The third-order valence-electron chi connectivity index (χ3n) is 4.48. The van der Waals surface area contributed by atoms with Gasteiger partial charge >= 0.3 is 0 Å². The summed E-state index contributed by atoms with van der Waals surface area (Å²) in [5, 5.41) is 2.81. The van der Waals surface area contributed by atoms with E-state index in [-0.39, 0.29) is 0 Å². The maximum atomic E-state index is 2.30. The summed E-state index contributed by atoms with van der Waals surface area (Å²) in [6.45, 7) is 10.0. The van der Waals surface area contributed by atoms with Gasteiger partial charge in [0.05, 0.1) is 6.54 Å². The van der Waals surface area contributed by atoms with Crippen LogP contribution in [0.5, 0.6) is 0 Å². The molecule has 1 saturated heterocycles. The van der Waals surface area contributed by atoms with Crippen LogP contribution in [0.4, 0.5) is 0 Å². The normalized spacial score (nSPS) is 23.6. The molecule has 2 N–H and O–H groups in total. The molecular weight excluding hydrogens is 232 g/mol. The highest BCUT2D eigenvalue weighted by molar-refractivity contribution is 5.85. The van der Waals surface area contributed by atoms with Crippen molar-refractivity contribution in [3.8, 4) is 0 Å². The molecule has 2 nitrogen and oxygen atoms in total. The van der Waals surface area contributed by atoms with Gasteiger partial charge in [-0.25, -0.2) is 0 Å². The van der Waals surface area contributed by atoms with Crippen LogP contribution in [0, 0.1) is 0 Å². The average molecular weight is 256 g/mol. The Morgan fingerprint density at radius 2 is 1.53 bits per heavy atom. The number of piperazine rings is 1. The molecule has 1 heterocycles. The second-order valence-corrected chi connectivity index (χ2v) is 5.67.